The second-order valence-corrected chi connectivity index (χ2v) is 5.03. The highest BCUT2D eigenvalue weighted by atomic mass is 19.1. The number of hydrogen-bond donors (Lipinski definition) is 2. The van der Waals surface area contributed by atoms with Gasteiger partial charge < -0.3 is 10.8 Å². The lowest BCUT2D eigenvalue weighted by Crippen LogP contribution is -2.40. The van der Waals surface area contributed by atoms with Crippen molar-refractivity contribution in [3.05, 3.63) is 35.6 Å². The van der Waals surface area contributed by atoms with E-state index in [1.165, 1.54) is 12.1 Å². The van der Waals surface area contributed by atoms with E-state index in [1.54, 1.807) is 26.0 Å². The summed E-state index contributed by atoms with van der Waals surface area (Å²) in [6, 6.07) is 6.30. The van der Waals surface area contributed by atoms with E-state index in [-0.39, 0.29) is 11.9 Å². The van der Waals surface area contributed by atoms with Gasteiger partial charge in [0.25, 0.3) is 0 Å². The maximum Gasteiger partial charge on any atom is 0.123 e. The van der Waals surface area contributed by atoms with Gasteiger partial charge >= 0.3 is 0 Å². The van der Waals surface area contributed by atoms with Gasteiger partial charge in [0.05, 0.1) is 5.60 Å². The number of benzene rings is 1. The molecular weight excluding hydrogens is 219 g/mol. The van der Waals surface area contributed by atoms with Gasteiger partial charge in [-0.1, -0.05) is 12.1 Å². The molecule has 0 bridgehead atoms. The number of rotatable bonds is 5. The molecule has 0 radical (unpaired) electrons. The summed E-state index contributed by atoms with van der Waals surface area (Å²) in [7, 11) is 1.90. The summed E-state index contributed by atoms with van der Waals surface area (Å²) in [5.74, 6) is -0.255. The van der Waals surface area contributed by atoms with Crippen molar-refractivity contribution in [2.24, 2.45) is 5.73 Å². The minimum Gasteiger partial charge on any atom is -0.389 e. The van der Waals surface area contributed by atoms with Gasteiger partial charge in [-0.15, -0.1) is 0 Å². The average molecular weight is 240 g/mol. The number of aliphatic hydroxyl groups is 1. The molecule has 0 saturated carbocycles. The number of likely N-dealkylation sites (N-methyl/N-ethyl adjacent to an activating group) is 1. The van der Waals surface area contributed by atoms with Crippen molar-refractivity contribution in [2.45, 2.75) is 25.5 Å². The maximum atomic E-state index is 12.8. The Balaban J connectivity index is 2.80. The zero-order valence-electron chi connectivity index (χ0n) is 10.7. The van der Waals surface area contributed by atoms with Crippen molar-refractivity contribution in [1.29, 1.82) is 0 Å². The first kappa shape index (κ1) is 14.1. The van der Waals surface area contributed by atoms with E-state index in [0.717, 1.165) is 5.56 Å². The standard InChI is InChI=1S/C13H21FN2O/c1-13(2,17)9-16(3)12(8-15)10-4-6-11(14)7-5-10/h4-7,12,17H,8-9,15H2,1-3H3. The molecule has 0 aliphatic carbocycles. The maximum absolute atomic E-state index is 12.8. The lowest BCUT2D eigenvalue weighted by atomic mass is 10.0. The van der Waals surface area contributed by atoms with Gasteiger partial charge in [0.15, 0.2) is 0 Å². The zero-order valence-corrected chi connectivity index (χ0v) is 10.7. The van der Waals surface area contributed by atoms with E-state index in [4.69, 9.17) is 5.73 Å². The predicted octanol–water partition coefficient (Wildman–Crippen LogP) is 1.53. The second-order valence-electron chi connectivity index (χ2n) is 5.03. The van der Waals surface area contributed by atoms with Crippen molar-refractivity contribution >= 4 is 0 Å². The largest absolute Gasteiger partial charge is 0.389 e. The topological polar surface area (TPSA) is 49.5 Å². The second kappa shape index (κ2) is 5.58. The van der Waals surface area contributed by atoms with Crippen LogP contribution in [0.4, 0.5) is 4.39 Å². The molecule has 17 heavy (non-hydrogen) atoms. The molecule has 4 heteroatoms. The Morgan fingerprint density at radius 3 is 2.29 bits per heavy atom. The predicted molar refractivity (Wildman–Crippen MR) is 67.1 cm³/mol. The SMILES string of the molecule is CN(CC(C)(C)O)C(CN)c1ccc(F)cc1. The van der Waals surface area contributed by atoms with Crippen LogP contribution in [0.25, 0.3) is 0 Å². The molecule has 0 aromatic heterocycles. The summed E-state index contributed by atoms with van der Waals surface area (Å²) in [6.45, 7) is 4.44. The third-order valence-electron chi connectivity index (χ3n) is 2.65. The Bertz CT molecular complexity index is 345. The van der Waals surface area contributed by atoms with Crippen molar-refractivity contribution < 1.29 is 9.50 Å². The quantitative estimate of drug-likeness (QED) is 0.820. The Hall–Kier alpha value is -0.970. The van der Waals surface area contributed by atoms with Crippen LogP contribution < -0.4 is 5.73 Å². The van der Waals surface area contributed by atoms with E-state index in [0.29, 0.717) is 13.1 Å². The van der Waals surface area contributed by atoms with Crippen molar-refractivity contribution in [1.82, 2.24) is 4.90 Å². The molecule has 1 aromatic carbocycles. The molecular formula is C13H21FN2O. The Labute approximate surface area is 102 Å². The summed E-state index contributed by atoms with van der Waals surface area (Å²) in [5.41, 5.74) is 5.93. The van der Waals surface area contributed by atoms with Gasteiger partial charge in [-0.3, -0.25) is 4.90 Å². The smallest absolute Gasteiger partial charge is 0.123 e. The highest BCUT2D eigenvalue weighted by molar-refractivity contribution is 5.20. The Morgan fingerprint density at radius 2 is 1.88 bits per heavy atom. The van der Waals surface area contributed by atoms with Crippen LogP contribution in [0, 0.1) is 5.82 Å². The van der Waals surface area contributed by atoms with E-state index >= 15 is 0 Å². The molecule has 96 valence electrons. The molecule has 0 amide bonds. The van der Waals surface area contributed by atoms with Crippen molar-refractivity contribution in [2.75, 3.05) is 20.1 Å². The first-order chi connectivity index (χ1) is 7.83. The van der Waals surface area contributed by atoms with Gasteiger partial charge in [-0.25, -0.2) is 4.39 Å². The monoisotopic (exact) mass is 240 g/mol. The van der Waals surface area contributed by atoms with E-state index in [1.807, 2.05) is 11.9 Å². The molecule has 0 spiro atoms. The zero-order chi connectivity index (χ0) is 13.1. The molecule has 3 nitrogen and oxygen atoms in total. The summed E-state index contributed by atoms with van der Waals surface area (Å²) in [6.07, 6.45) is 0. The highest BCUT2D eigenvalue weighted by Gasteiger charge is 2.22. The summed E-state index contributed by atoms with van der Waals surface area (Å²) in [5, 5.41) is 9.78. The van der Waals surface area contributed by atoms with Crippen LogP contribution in [0.1, 0.15) is 25.5 Å². The normalized spacial score (nSPS) is 14.1. The lowest BCUT2D eigenvalue weighted by molar-refractivity contribution is 0.0321. The molecule has 0 aliphatic heterocycles. The van der Waals surface area contributed by atoms with Crippen LogP contribution in [-0.4, -0.2) is 35.7 Å². The fourth-order valence-corrected chi connectivity index (χ4v) is 1.98. The highest BCUT2D eigenvalue weighted by Crippen LogP contribution is 2.20. The van der Waals surface area contributed by atoms with Crippen LogP contribution in [0.5, 0.6) is 0 Å². The molecule has 0 heterocycles. The van der Waals surface area contributed by atoms with Gasteiger partial charge in [-0.05, 0) is 38.6 Å². The van der Waals surface area contributed by atoms with Gasteiger partial charge in [0.2, 0.25) is 0 Å². The Morgan fingerprint density at radius 1 is 1.35 bits per heavy atom. The minimum absolute atomic E-state index is 0.0120. The lowest BCUT2D eigenvalue weighted by Gasteiger charge is -2.32. The molecule has 0 saturated heterocycles. The van der Waals surface area contributed by atoms with E-state index in [9.17, 15) is 9.50 Å². The average Bonchev–Trinajstić information content (AvgIpc) is 2.19. The minimum atomic E-state index is -0.776. The van der Waals surface area contributed by atoms with Gasteiger partial charge in [-0.2, -0.15) is 0 Å². The number of nitrogens with zero attached hydrogens (tertiary/aromatic N) is 1. The van der Waals surface area contributed by atoms with Crippen LogP contribution in [0.3, 0.4) is 0 Å². The molecule has 0 aliphatic rings. The molecule has 3 N–H and O–H groups in total. The first-order valence-electron chi connectivity index (χ1n) is 5.71. The number of hydrogen-bond acceptors (Lipinski definition) is 3. The van der Waals surface area contributed by atoms with Crippen molar-refractivity contribution in [3.8, 4) is 0 Å². The summed E-state index contributed by atoms with van der Waals surface area (Å²) < 4.78 is 12.8. The molecule has 1 atom stereocenters. The first-order valence-corrected chi connectivity index (χ1v) is 5.71. The number of halogens is 1. The van der Waals surface area contributed by atoms with Gasteiger partial charge in [0, 0.05) is 19.1 Å². The third-order valence-corrected chi connectivity index (χ3v) is 2.65. The number of nitrogens with two attached hydrogens (primary N) is 1. The summed E-state index contributed by atoms with van der Waals surface area (Å²) in [4.78, 5) is 1.98. The van der Waals surface area contributed by atoms with Crippen LogP contribution in [0.2, 0.25) is 0 Å². The molecule has 1 aromatic rings. The summed E-state index contributed by atoms with van der Waals surface area (Å²) >= 11 is 0. The molecule has 1 rings (SSSR count). The third kappa shape index (κ3) is 4.42. The molecule has 1 unspecified atom stereocenters. The fraction of sp³-hybridized carbons (Fsp3) is 0.538. The van der Waals surface area contributed by atoms with Crippen LogP contribution in [0.15, 0.2) is 24.3 Å². The fourth-order valence-electron chi connectivity index (χ4n) is 1.98. The van der Waals surface area contributed by atoms with Gasteiger partial charge in [0.1, 0.15) is 5.82 Å². The van der Waals surface area contributed by atoms with Crippen LogP contribution in [-0.2, 0) is 0 Å². The van der Waals surface area contributed by atoms with Crippen LogP contribution >= 0.6 is 0 Å². The van der Waals surface area contributed by atoms with E-state index in [2.05, 4.69) is 0 Å². The van der Waals surface area contributed by atoms with Crippen molar-refractivity contribution in [3.63, 3.8) is 0 Å². The van der Waals surface area contributed by atoms with E-state index < -0.39 is 5.60 Å². The Kier molecular flexibility index (Phi) is 4.62. The molecule has 0 fully saturated rings.